The van der Waals surface area contributed by atoms with Gasteiger partial charge >= 0.3 is 0 Å². The Morgan fingerprint density at radius 1 is 0.909 bits per heavy atom. The van der Waals surface area contributed by atoms with Gasteiger partial charge in [0.05, 0.1) is 0 Å². The molecule has 2 aromatic heterocycles. The van der Waals surface area contributed by atoms with Gasteiger partial charge in [-0.2, -0.15) is 0 Å². The number of fused-ring (bicyclic) bond motifs is 1. The molecule has 0 saturated carbocycles. The molecule has 2 heterocycles. The molecule has 0 aliphatic heterocycles. The second-order valence-electron chi connectivity index (χ2n) is 2.05. The van der Waals surface area contributed by atoms with E-state index in [1.807, 2.05) is 24.3 Å². The number of hydrogen-bond donors (Lipinski definition) is 0. The van der Waals surface area contributed by atoms with Crippen LogP contribution < -0.4 is 0 Å². The number of nitrogens with zero attached hydrogens (tertiary/aromatic N) is 2. The van der Waals surface area contributed by atoms with Gasteiger partial charge in [0.25, 0.3) is 0 Å². The van der Waals surface area contributed by atoms with Crippen molar-refractivity contribution in [2.75, 3.05) is 0 Å². The van der Waals surface area contributed by atoms with Gasteiger partial charge in [-0.1, -0.05) is 0 Å². The van der Waals surface area contributed by atoms with Gasteiger partial charge in [0.15, 0.2) is 5.65 Å². The van der Waals surface area contributed by atoms with Gasteiger partial charge < -0.3 is 0 Å². The van der Waals surface area contributed by atoms with Gasteiger partial charge in [-0.15, -0.1) is 0 Å². The monoisotopic (exact) mass is 189 g/mol. The van der Waals surface area contributed by atoms with Gasteiger partial charge in [-0.05, 0) is 24.3 Å². The summed E-state index contributed by atoms with van der Waals surface area (Å²) in [5, 5.41) is 1.09. The largest absolute Gasteiger partial charge is 0.237 e. The predicted octanol–water partition coefficient (Wildman–Crippen LogP) is 1.63. The van der Waals surface area contributed by atoms with Crippen molar-refractivity contribution >= 4 is 11.0 Å². The molecule has 0 fully saturated rings. The van der Waals surface area contributed by atoms with Crippen LogP contribution in [0.1, 0.15) is 0 Å². The summed E-state index contributed by atoms with van der Waals surface area (Å²) in [4.78, 5) is 8.14. The smallest absolute Gasteiger partial charge is 0.159 e. The Hall–Kier alpha value is -0.934. The zero-order valence-corrected chi connectivity index (χ0v) is 6.73. The van der Waals surface area contributed by atoms with Gasteiger partial charge in [-0.25, -0.2) is 9.97 Å². The summed E-state index contributed by atoms with van der Waals surface area (Å²) in [6.45, 7) is 0. The Morgan fingerprint density at radius 2 is 1.45 bits per heavy atom. The van der Waals surface area contributed by atoms with Crippen LogP contribution in [0.3, 0.4) is 0 Å². The van der Waals surface area contributed by atoms with Crippen molar-refractivity contribution < 1.29 is 16.8 Å². The van der Waals surface area contributed by atoms with Crippen molar-refractivity contribution in [3.63, 3.8) is 0 Å². The number of pyridine rings is 2. The molecule has 0 aliphatic rings. The molecule has 0 amide bonds. The molecule has 2 nitrogen and oxygen atoms in total. The van der Waals surface area contributed by atoms with Crippen molar-refractivity contribution in [1.82, 2.24) is 9.97 Å². The molecule has 2 rings (SSSR count). The van der Waals surface area contributed by atoms with E-state index in [1.165, 1.54) is 0 Å². The average molecular weight is 189 g/mol. The minimum Gasteiger partial charge on any atom is -0.237 e. The van der Waals surface area contributed by atoms with Crippen LogP contribution in [0.15, 0.2) is 36.7 Å². The van der Waals surface area contributed by atoms with Crippen LogP contribution in [0.5, 0.6) is 0 Å². The quantitative estimate of drug-likeness (QED) is 0.629. The SMILES string of the molecule is [Co].c1cnc2ncccc2c1. The molecule has 0 aromatic carbocycles. The minimum atomic E-state index is 0. The maximum atomic E-state index is 4.07. The summed E-state index contributed by atoms with van der Waals surface area (Å²) in [7, 11) is 0. The maximum absolute atomic E-state index is 4.07. The second kappa shape index (κ2) is 3.46. The van der Waals surface area contributed by atoms with Crippen LogP contribution in [-0.4, -0.2) is 9.97 Å². The molecule has 0 aliphatic carbocycles. The Labute approximate surface area is 74.9 Å². The zero-order chi connectivity index (χ0) is 6.81. The molecule has 0 spiro atoms. The van der Waals surface area contributed by atoms with Gasteiger partial charge in [0, 0.05) is 34.6 Å². The van der Waals surface area contributed by atoms with Crippen molar-refractivity contribution in [3.8, 4) is 0 Å². The van der Waals surface area contributed by atoms with E-state index in [0.29, 0.717) is 0 Å². The average Bonchev–Trinajstić information content (AvgIpc) is 2.05. The van der Waals surface area contributed by atoms with Crippen LogP contribution in [0, 0.1) is 0 Å². The maximum Gasteiger partial charge on any atom is 0.159 e. The van der Waals surface area contributed by atoms with Gasteiger partial charge in [0.1, 0.15) is 0 Å². The van der Waals surface area contributed by atoms with Gasteiger partial charge in [0.2, 0.25) is 0 Å². The number of hydrogen-bond acceptors (Lipinski definition) is 2. The third kappa shape index (κ3) is 1.55. The van der Waals surface area contributed by atoms with E-state index in [-0.39, 0.29) is 16.8 Å². The first kappa shape index (κ1) is 8.17. The van der Waals surface area contributed by atoms with Crippen LogP contribution in [-0.2, 0) is 16.8 Å². The normalized spacial score (nSPS) is 9.09. The van der Waals surface area contributed by atoms with E-state index in [2.05, 4.69) is 9.97 Å². The number of aromatic nitrogens is 2. The first-order chi connectivity index (χ1) is 4.97. The molecular formula is C8H6CoN2. The van der Waals surface area contributed by atoms with Crippen LogP contribution in [0.25, 0.3) is 11.0 Å². The summed E-state index contributed by atoms with van der Waals surface area (Å²) in [6, 6.07) is 7.80. The van der Waals surface area contributed by atoms with Crippen LogP contribution in [0.4, 0.5) is 0 Å². The molecule has 0 saturated heterocycles. The van der Waals surface area contributed by atoms with Gasteiger partial charge in [-0.3, -0.25) is 0 Å². The molecule has 3 heteroatoms. The van der Waals surface area contributed by atoms with Crippen molar-refractivity contribution in [1.29, 1.82) is 0 Å². The fraction of sp³-hybridized carbons (Fsp3) is 0. The fourth-order valence-corrected chi connectivity index (χ4v) is 0.908. The van der Waals surface area contributed by atoms with Crippen LogP contribution >= 0.6 is 0 Å². The molecule has 0 N–H and O–H groups in total. The molecule has 1 radical (unpaired) electrons. The van der Waals surface area contributed by atoms with E-state index in [4.69, 9.17) is 0 Å². The third-order valence-corrected chi connectivity index (χ3v) is 1.38. The third-order valence-electron chi connectivity index (χ3n) is 1.38. The van der Waals surface area contributed by atoms with Crippen molar-refractivity contribution in [2.24, 2.45) is 0 Å². The second-order valence-corrected chi connectivity index (χ2v) is 2.05. The zero-order valence-electron chi connectivity index (χ0n) is 5.69. The Balaban J connectivity index is 0.000000605. The first-order valence-electron chi connectivity index (χ1n) is 3.12. The van der Waals surface area contributed by atoms with E-state index in [0.717, 1.165) is 11.0 Å². The standard InChI is InChI=1S/C8H6N2.Co/c1-3-7-4-2-6-10-8(7)9-5-1;/h1-6H;. The minimum absolute atomic E-state index is 0. The summed E-state index contributed by atoms with van der Waals surface area (Å²) < 4.78 is 0. The van der Waals surface area contributed by atoms with E-state index in [9.17, 15) is 0 Å². The van der Waals surface area contributed by atoms with Crippen molar-refractivity contribution in [3.05, 3.63) is 36.7 Å². The molecule has 0 atom stereocenters. The van der Waals surface area contributed by atoms with E-state index in [1.54, 1.807) is 12.4 Å². The Kier molecular flexibility index (Phi) is 2.57. The molecule has 11 heavy (non-hydrogen) atoms. The summed E-state index contributed by atoms with van der Waals surface area (Å²) in [6.07, 6.45) is 3.49. The first-order valence-corrected chi connectivity index (χ1v) is 3.12. The topological polar surface area (TPSA) is 25.8 Å². The van der Waals surface area contributed by atoms with Crippen LogP contribution in [0.2, 0.25) is 0 Å². The van der Waals surface area contributed by atoms with E-state index >= 15 is 0 Å². The molecule has 2 aromatic rings. The van der Waals surface area contributed by atoms with Crippen molar-refractivity contribution in [2.45, 2.75) is 0 Å². The molecule has 0 unspecified atom stereocenters. The molecule has 57 valence electrons. The van der Waals surface area contributed by atoms with E-state index < -0.39 is 0 Å². The Bertz CT molecular complexity index is 283. The summed E-state index contributed by atoms with van der Waals surface area (Å²) in [5.41, 5.74) is 0.810. The molecule has 0 bridgehead atoms. The summed E-state index contributed by atoms with van der Waals surface area (Å²) >= 11 is 0. The fourth-order valence-electron chi connectivity index (χ4n) is 0.908. The Morgan fingerprint density at radius 3 is 1.91 bits per heavy atom. The molecular weight excluding hydrogens is 183 g/mol. The summed E-state index contributed by atoms with van der Waals surface area (Å²) in [5.74, 6) is 0. The number of rotatable bonds is 0. The predicted molar refractivity (Wildman–Crippen MR) is 39.5 cm³/mol.